The lowest BCUT2D eigenvalue weighted by Gasteiger charge is -2.35. The molecule has 2 saturated heterocycles. The molecule has 108 valence electrons. The second-order valence-electron chi connectivity index (χ2n) is 5.71. The van der Waals surface area contributed by atoms with E-state index in [1.165, 1.54) is 12.8 Å². The van der Waals surface area contributed by atoms with E-state index in [-0.39, 0.29) is 12.1 Å². The predicted octanol–water partition coefficient (Wildman–Crippen LogP) is 3.78. The molecule has 0 saturated carbocycles. The number of fused-ring (bicyclic) bond motifs is 2. The molecular formula is C15H17Cl2NO2. The summed E-state index contributed by atoms with van der Waals surface area (Å²) in [5.74, 6) is -0.330. The van der Waals surface area contributed by atoms with Gasteiger partial charge in [0.2, 0.25) is 0 Å². The van der Waals surface area contributed by atoms with E-state index in [0.29, 0.717) is 27.7 Å². The second-order valence-corrected chi connectivity index (χ2v) is 6.58. The molecule has 1 aromatic rings. The third-order valence-corrected chi connectivity index (χ3v) is 4.86. The van der Waals surface area contributed by atoms with E-state index < -0.39 is 0 Å². The maximum absolute atomic E-state index is 12.2. The van der Waals surface area contributed by atoms with Crippen molar-refractivity contribution in [1.29, 1.82) is 0 Å². The lowest BCUT2D eigenvalue weighted by Crippen LogP contribution is -2.43. The van der Waals surface area contributed by atoms with Crippen LogP contribution in [0.25, 0.3) is 0 Å². The molecule has 0 aromatic heterocycles. The van der Waals surface area contributed by atoms with E-state index in [0.717, 1.165) is 12.8 Å². The third-order valence-electron chi connectivity index (χ3n) is 4.43. The summed E-state index contributed by atoms with van der Waals surface area (Å²) in [4.78, 5) is 14.6. The van der Waals surface area contributed by atoms with Crippen LogP contribution < -0.4 is 0 Å². The van der Waals surface area contributed by atoms with Crippen LogP contribution in [0, 0.1) is 0 Å². The Morgan fingerprint density at radius 2 is 1.70 bits per heavy atom. The summed E-state index contributed by atoms with van der Waals surface area (Å²) in [6, 6.07) is 5.90. The molecule has 2 bridgehead atoms. The Bertz CT molecular complexity index is 500. The fourth-order valence-electron chi connectivity index (χ4n) is 3.35. The largest absolute Gasteiger partial charge is 0.459 e. The van der Waals surface area contributed by atoms with Crippen LogP contribution in [0.15, 0.2) is 18.2 Å². The fraction of sp³-hybridized carbons (Fsp3) is 0.533. The average Bonchev–Trinajstić information content (AvgIpc) is 2.61. The summed E-state index contributed by atoms with van der Waals surface area (Å²) in [6.45, 7) is 0. The molecule has 0 amide bonds. The van der Waals surface area contributed by atoms with Gasteiger partial charge in [-0.2, -0.15) is 0 Å². The summed E-state index contributed by atoms with van der Waals surface area (Å²) < 4.78 is 5.63. The van der Waals surface area contributed by atoms with Gasteiger partial charge in [0.25, 0.3) is 0 Å². The molecule has 0 radical (unpaired) electrons. The van der Waals surface area contributed by atoms with E-state index in [2.05, 4.69) is 11.9 Å². The van der Waals surface area contributed by atoms with Crippen molar-refractivity contribution in [2.75, 3.05) is 7.05 Å². The number of halogens is 2. The monoisotopic (exact) mass is 313 g/mol. The Morgan fingerprint density at radius 3 is 2.25 bits per heavy atom. The normalized spacial score (nSPS) is 29.4. The zero-order valence-corrected chi connectivity index (χ0v) is 12.8. The van der Waals surface area contributed by atoms with Gasteiger partial charge in [-0.05, 0) is 38.1 Å². The van der Waals surface area contributed by atoms with Crippen LogP contribution >= 0.6 is 23.2 Å². The van der Waals surface area contributed by atoms with Crippen molar-refractivity contribution in [3.63, 3.8) is 0 Å². The highest BCUT2D eigenvalue weighted by atomic mass is 35.5. The highest BCUT2D eigenvalue weighted by Gasteiger charge is 2.39. The smallest absolute Gasteiger partial charge is 0.338 e. The van der Waals surface area contributed by atoms with E-state index in [1.54, 1.807) is 18.2 Å². The molecule has 5 heteroatoms. The summed E-state index contributed by atoms with van der Waals surface area (Å²) >= 11 is 11.8. The molecule has 0 N–H and O–H groups in total. The standard InChI is InChI=1S/C15H17Cl2NO2/c1-18-12-2-3-13(18)8-14(7-12)20-15(19)9-4-10(16)6-11(17)5-9/h4-6,12-14H,2-3,7-8H2,1H3/t12-,13-/m0/s1. The minimum Gasteiger partial charge on any atom is -0.459 e. The summed E-state index contributed by atoms with van der Waals surface area (Å²) in [5, 5.41) is 0.904. The van der Waals surface area contributed by atoms with Gasteiger partial charge in [0, 0.05) is 35.0 Å². The molecule has 2 fully saturated rings. The lowest BCUT2D eigenvalue weighted by molar-refractivity contribution is -0.000448. The highest BCUT2D eigenvalue weighted by molar-refractivity contribution is 6.35. The van der Waals surface area contributed by atoms with E-state index >= 15 is 0 Å². The molecule has 0 unspecified atom stereocenters. The number of benzene rings is 1. The van der Waals surface area contributed by atoms with Gasteiger partial charge in [0.05, 0.1) is 5.56 Å². The number of esters is 1. The second kappa shape index (κ2) is 5.55. The van der Waals surface area contributed by atoms with E-state index in [9.17, 15) is 4.79 Å². The first-order valence-electron chi connectivity index (χ1n) is 6.92. The minimum atomic E-state index is -0.330. The van der Waals surface area contributed by atoms with Gasteiger partial charge < -0.3 is 9.64 Å². The topological polar surface area (TPSA) is 29.5 Å². The van der Waals surface area contributed by atoms with Crippen LogP contribution in [0.5, 0.6) is 0 Å². The number of ether oxygens (including phenoxy) is 1. The van der Waals surface area contributed by atoms with Gasteiger partial charge in [0.1, 0.15) is 6.10 Å². The quantitative estimate of drug-likeness (QED) is 0.778. The zero-order chi connectivity index (χ0) is 14.3. The average molecular weight is 314 g/mol. The van der Waals surface area contributed by atoms with Crippen molar-refractivity contribution in [2.24, 2.45) is 0 Å². The van der Waals surface area contributed by atoms with Crippen molar-refractivity contribution in [3.05, 3.63) is 33.8 Å². The number of piperidine rings is 1. The van der Waals surface area contributed by atoms with Crippen molar-refractivity contribution >= 4 is 29.2 Å². The molecule has 3 nitrogen and oxygen atoms in total. The maximum atomic E-state index is 12.2. The molecule has 0 aliphatic carbocycles. The van der Waals surface area contributed by atoms with Gasteiger partial charge in [0.15, 0.2) is 0 Å². The molecule has 20 heavy (non-hydrogen) atoms. The molecule has 2 aliphatic heterocycles. The Hall–Kier alpha value is -0.770. The molecule has 2 atom stereocenters. The van der Waals surface area contributed by atoms with E-state index in [4.69, 9.17) is 27.9 Å². The number of nitrogens with zero attached hydrogens (tertiary/aromatic N) is 1. The van der Waals surface area contributed by atoms with Crippen LogP contribution in [0.3, 0.4) is 0 Å². The molecule has 0 spiro atoms. The first-order valence-corrected chi connectivity index (χ1v) is 7.67. The zero-order valence-electron chi connectivity index (χ0n) is 11.3. The summed E-state index contributed by atoms with van der Waals surface area (Å²) in [6.07, 6.45) is 4.27. The van der Waals surface area contributed by atoms with Crippen LogP contribution in [-0.4, -0.2) is 36.1 Å². The van der Waals surface area contributed by atoms with Crippen LogP contribution in [-0.2, 0) is 4.74 Å². The molecule has 2 aliphatic rings. The molecule has 2 heterocycles. The van der Waals surface area contributed by atoms with Gasteiger partial charge in [-0.25, -0.2) is 4.79 Å². The van der Waals surface area contributed by atoms with Gasteiger partial charge >= 0.3 is 5.97 Å². The first-order chi connectivity index (χ1) is 9.52. The molecular weight excluding hydrogens is 297 g/mol. The number of hydrogen-bond donors (Lipinski definition) is 0. The Kier molecular flexibility index (Phi) is 3.93. The molecule has 1 aromatic carbocycles. The number of rotatable bonds is 2. The van der Waals surface area contributed by atoms with Crippen LogP contribution in [0.1, 0.15) is 36.0 Å². The Balaban J connectivity index is 1.67. The van der Waals surface area contributed by atoms with Crippen molar-refractivity contribution < 1.29 is 9.53 Å². The number of hydrogen-bond acceptors (Lipinski definition) is 3. The summed E-state index contributed by atoms with van der Waals surface area (Å²) in [7, 11) is 2.16. The maximum Gasteiger partial charge on any atom is 0.338 e. The minimum absolute atomic E-state index is 0.00829. The van der Waals surface area contributed by atoms with Crippen molar-refractivity contribution in [3.8, 4) is 0 Å². The van der Waals surface area contributed by atoms with Gasteiger partial charge in [-0.1, -0.05) is 23.2 Å². The fourth-order valence-corrected chi connectivity index (χ4v) is 3.87. The summed E-state index contributed by atoms with van der Waals surface area (Å²) in [5.41, 5.74) is 0.425. The molecule has 3 rings (SSSR count). The van der Waals surface area contributed by atoms with Crippen molar-refractivity contribution in [2.45, 2.75) is 43.9 Å². The van der Waals surface area contributed by atoms with E-state index in [1.807, 2.05) is 0 Å². The first kappa shape index (κ1) is 14.2. The SMILES string of the molecule is CN1[C@H]2CC[C@H]1CC(OC(=O)c1cc(Cl)cc(Cl)c1)C2. The predicted molar refractivity (Wildman–Crippen MR) is 79.5 cm³/mol. The lowest BCUT2D eigenvalue weighted by atomic mass is 10.0. The third kappa shape index (κ3) is 2.80. The highest BCUT2D eigenvalue weighted by Crippen LogP contribution is 2.35. The number of carbonyl (C=O) groups is 1. The van der Waals surface area contributed by atoms with Crippen LogP contribution in [0.4, 0.5) is 0 Å². The Labute approximate surface area is 128 Å². The van der Waals surface area contributed by atoms with Gasteiger partial charge in [-0.3, -0.25) is 0 Å². The Morgan fingerprint density at radius 1 is 1.15 bits per heavy atom. The number of carbonyl (C=O) groups excluding carboxylic acids is 1. The van der Waals surface area contributed by atoms with Crippen LogP contribution in [0.2, 0.25) is 10.0 Å². The van der Waals surface area contributed by atoms with Crippen molar-refractivity contribution in [1.82, 2.24) is 4.90 Å². The van der Waals surface area contributed by atoms with Gasteiger partial charge in [-0.15, -0.1) is 0 Å².